The lowest BCUT2D eigenvalue weighted by molar-refractivity contribution is -0.133. The van der Waals surface area contributed by atoms with E-state index < -0.39 is 6.04 Å². The summed E-state index contributed by atoms with van der Waals surface area (Å²) in [5, 5.41) is 9.22. The van der Waals surface area contributed by atoms with E-state index >= 15 is 0 Å². The molecule has 8 nitrogen and oxygen atoms in total. The van der Waals surface area contributed by atoms with Crippen molar-refractivity contribution in [2.75, 3.05) is 12.1 Å². The first-order valence-corrected chi connectivity index (χ1v) is 7.69. The first-order valence-electron chi connectivity index (χ1n) is 7.69. The number of benzene rings is 1. The third-order valence-electron chi connectivity index (χ3n) is 4.18. The molecule has 0 aliphatic carbocycles. The molecule has 1 aromatic heterocycles. The van der Waals surface area contributed by atoms with E-state index in [1.807, 2.05) is 18.2 Å². The van der Waals surface area contributed by atoms with E-state index in [0.29, 0.717) is 36.7 Å². The molecule has 2 aromatic rings. The summed E-state index contributed by atoms with van der Waals surface area (Å²) in [4.78, 5) is 26.2. The molecule has 2 aliphatic rings. The minimum atomic E-state index is -0.494. The number of nitrogens with one attached hydrogen (secondary N) is 2. The molecule has 24 heavy (non-hydrogen) atoms. The monoisotopic (exact) mass is 328 g/mol. The molecule has 0 spiro atoms. The normalized spacial score (nSPS) is 18.9. The minimum Gasteiger partial charge on any atom is -0.454 e. The molecule has 1 saturated heterocycles. The molecule has 2 aliphatic heterocycles. The van der Waals surface area contributed by atoms with Gasteiger partial charge in [-0.2, -0.15) is 5.10 Å². The number of nitrogens with zero attached hydrogens (tertiary/aromatic N) is 2. The number of likely N-dealkylation sites (tertiary alicyclic amines) is 1. The number of anilines is 1. The largest absolute Gasteiger partial charge is 0.454 e. The topological polar surface area (TPSA) is 96.5 Å². The van der Waals surface area contributed by atoms with Gasteiger partial charge in [-0.25, -0.2) is 0 Å². The second-order valence-electron chi connectivity index (χ2n) is 5.72. The number of H-pyrrole nitrogens is 1. The third-order valence-corrected chi connectivity index (χ3v) is 4.18. The van der Waals surface area contributed by atoms with Gasteiger partial charge in [-0.1, -0.05) is 6.07 Å². The van der Waals surface area contributed by atoms with Crippen LogP contribution in [0.4, 0.5) is 5.82 Å². The highest BCUT2D eigenvalue weighted by molar-refractivity contribution is 5.98. The summed E-state index contributed by atoms with van der Waals surface area (Å²) in [6, 6.07) is 6.71. The predicted octanol–water partition coefficient (Wildman–Crippen LogP) is 1.27. The van der Waals surface area contributed by atoms with Gasteiger partial charge in [0.2, 0.25) is 18.6 Å². The fourth-order valence-electron chi connectivity index (χ4n) is 2.98. The summed E-state index contributed by atoms with van der Waals surface area (Å²) in [7, 11) is 0. The zero-order valence-corrected chi connectivity index (χ0v) is 12.8. The van der Waals surface area contributed by atoms with E-state index in [2.05, 4.69) is 15.5 Å². The van der Waals surface area contributed by atoms with E-state index in [4.69, 9.17) is 9.47 Å². The van der Waals surface area contributed by atoms with E-state index in [9.17, 15) is 9.59 Å². The smallest absolute Gasteiger partial charge is 0.248 e. The van der Waals surface area contributed by atoms with E-state index in [1.165, 1.54) is 0 Å². The second-order valence-corrected chi connectivity index (χ2v) is 5.72. The van der Waals surface area contributed by atoms with Crippen molar-refractivity contribution < 1.29 is 19.1 Å². The zero-order valence-electron chi connectivity index (χ0n) is 12.8. The number of aromatic amines is 1. The fourth-order valence-corrected chi connectivity index (χ4v) is 2.98. The number of fused-ring (bicyclic) bond motifs is 1. The van der Waals surface area contributed by atoms with Crippen molar-refractivity contribution in [1.82, 2.24) is 15.1 Å². The molecule has 1 unspecified atom stereocenters. The molecule has 0 bridgehead atoms. The summed E-state index contributed by atoms with van der Waals surface area (Å²) < 4.78 is 10.6. The minimum absolute atomic E-state index is 0.0302. The van der Waals surface area contributed by atoms with Crippen molar-refractivity contribution in [3.05, 3.63) is 36.0 Å². The van der Waals surface area contributed by atoms with Crippen LogP contribution in [0.5, 0.6) is 11.5 Å². The zero-order chi connectivity index (χ0) is 16.5. The van der Waals surface area contributed by atoms with E-state index in [1.54, 1.807) is 17.2 Å². The maximum absolute atomic E-state index is 12.4. The number of carbonyl (C=O) groups excluding carboxylic acids is 2. The van der Waals surface area contributed by atoms with Gasteiger partial charge in [-0.05, 0) is 24.1 Å². The van der Waals surface area contributed by atoms with Crippen LogP contribution >= 0.6 is 0 Å². The quantitative estimate of drug-likeness (QED) is 0.881. The summed E-state index contributed by atoms with van der Waals surface area (Å²) >= 11 is 0. The van der Waals surface area contributed by atoms with Crippen LogP contribution in [-0.4, -0.2) is 39.7 Å². The van der Waals surface area contributed by atoms with Gasteiger partial charge in [0.25, 0.3) is 0 Å². The van der Waals surface area contributed by atoms with Gasteiger partial charge in [0.05, 0.1) is 6.20 Å². The van der Waals surface area contributed by atoms with Crippen molar-refractivity contribution in [3.8, 4) is 11.5 Å². The Bertz CT molecular complexity index is 774. The van der Waals surface area contributed by atoms with Gasteiger partial charge >= 0.3 is 0 Å². The van der Waals surface area contributed by atoms with Gasteiger partial charge in [-0.3, -0.25) is 14.7 Å². The molecule has 0 saturated carbocycles. The van der Waals surface area contributed by atoms with E-state index in [-0.39, 0.29) is 18.6 Å². The molecule has 0 radical (unpaired) electrons. The second kappa shape index (κ2) is 5.88. The van der Waals surface area contributed by atoms with Crippen molar-refractivity contribution in [2.24, 2.45) is 0 Å². The fraction of sp³-hybridized carbons (Fsp3) is 0.312. The standard InChI is InChI=1S/C16H16N4O4/c21-15-4-2-11(16(22)18-14-5-6-17-19-14)20(15)8-10-1-3-12-13(7-10)24-9-23-12/h1,3,5-7,11H,2,4,8-9H2,(H2,17,18,19,22). The molecule has 124 valence electrons. The summed E-state index contributed by atoms with van der Waals surface area (Å²) in [6.07, 6.45) is 2.43. The van der Waals surface area contributed by atoms with Crippen molar-refractivity contribution in [1.29, 1.82) is 0 Å². The summed E-state index contributed by atoms with van der Waals surface area (Å²) in [5.41, 5.74) is 0.897. The Labute approximate surface area is 137 Å². The van der Waals surface area contributed by atoms with Crippen molar-refractivity contribution in [2.45, 2.75) is 25.4 Å². The van der Waals surface area contributed by atoms with Crippen LogP contribution < -0.4 is 14.8 Å². The Kier molecular flexibility index (Phi) is 3.56. The highest BCUT2D eigenvalue weighted by Gasteiger charge is 2.36. The first kappa shape index (κ1) is 14.6. The molecule has 1 aromatic carbocycles. The maximum atomic E-state index is 12.4. The molecule has 3 heterocycles. The lowest BCUT2D eigenvalue weighted by atomic mass is 10.1. The first-order chi connectivity index (χ1) is 11.7. The Morgan fingerprint density at radius 3 is 3.04 bits per heavy atom. The number of carbonyl (C=O) groups is 2. The lowest BCUT2D eigenvalue weighted by Crippen LogP contribution is -2.41. The molecule has 2 amide bonds. The maximum Gasteiger partial charge on any atom is 0.248 e. The lowest BCUT2D eigenvalue weighted by Gasteiger charge is -2.24. The molecule has 4 rings (SSSR count). The molecule has 1 atom stereocenters. The SMILES string of the molecule is O=C(Nc1ccn[nH]1)C1CCC(=O)N1Cc1ccc2c(c1)OCO2. The Morgan fingerprint density at radius 2 is 2.21 bits per heavy atom. The molecular weight excluding hydrogens is 312 g/mol. The number of aromatic nitrogens is 2. The highest BCUT2D eigenvalue weighted by atomic mass is 16.7. The van der Waals surface area contributed by atoms with Crippen LogP contribution in [0.3, 0.4) is 0 Å². The van der Waals surface area contributed by atoms with Crippen LogP contribution in [0.1, 0.15) is 18.4 Å². The molecule has 1 fully saturated rings. The highest BCUT2D eigenvalue weighted by Crippen LogP contribution is 2.33. The van der Waals surface area contributed by atoms with Crippen LogP contribution in [0, 0.1) is 0 Å². The average Bonchev–Trinajstić information content (AvgIpc) is 3.29. The van der Waals surface area contributed by atoms with Gasteiger partial charge < -0.3 is 19.7 Å². The Balaban J connectivity index is 1.49. The van der Waals surface area contributed by atoms with Crippen molar-refractivity contribution in [3.63, 3.8) is 0 Å². The van der Waals surface area contributed by atoms with Gasteiger partial charge in [0, 0.05) is 19.0 Å². The number of amides is 2. The van der Waals surface area contributed by atoms with Crippen LogP contribution in [0.25, 0.3) is 0 Å². The number of hydrogen-bond donors (Lipinski definition) is 2. The molecular formula is C16H16N4O4. The predicted molar refractivity (Wildman–Crippen MR) is 83.4 cm³/mol. The average molecular weight is 328 g/mol. The number of hydrogen-bond acceptors (Lipinski definition) is 5. The van der Waals surface area contributed by atoms with E-state index in [0.717, 1.165) is 5.56 Å². The van der Waals surface area contributed by atoms with Gasteiger partial charge in [-0.15, -0.1) is 0 Å². The third kappa shape index (κ3) is 2.66. The van der Waals surface area contributed by atoms with Crippen molar-refractivity contribution >= 4 is 17.6 Å². The van der Waals surface area contributed by atoms with Gasteiger partial charge in [0.1, 0.15) is 11.9 Å². The number of rotatable bonds is 4. The Hall–Kier alpha value is -3.03. The van der Waals surface area contributed by atoms with Crippen LogP contribution in [0.2, 0.25) is 0 Å². The van der Waals surface area contributed by atoms with Crippen LogP contribution in [-0.2, 0) is 16.1 Å². The summed E-state index contributed by atoms with van der Waals surface area (Å²) in [5.74, 6) is 1.63. The molecule has 8 heteroatoms. The number of ether oxygens (including phenoxy) is 2. The Morgan fingerprint density at radius 1 is 1.33 bits per heavy atom. The molecule has 2 N–H and O–H groups in total. The summed E-state index contributed by atoms with van der Waals surface area (Å²) in [6.45, 7) is 0.563. The van der Waals surface area contributed by atoms with Gasteiger partial charge in [0.15, 0.2) is 11.5 Å². The van der Waals surface area contributed by atoms with Crippen LogP contribution in [0.15, 0.2) is 30.5 Å².